The van der Waals surface area contributed by atoms with Crippen LogP contribution in [0.1, 0.15) is 34.5 Å². The summed E-state index contributed by atoms with van der Waals surface area (Å²) < 4.78 is 7.16. The van der Waals surface area contributed by atoms with Crippen LogP contribution in [0.3, 0.4) is 0 Å². The van der Waals surface area contributed by atoms with Crippen molar-refractivity contribution in [2.24, 2.45) is 0 Å². The number of carbonyl (C=O) groups excluding carboxylic acids is 1. The van der Waals surface area contributed by atoms with Gasteiger partial charge in [-0.25, -0.2) is 0 Å². The molecule has 1 atom stereocenters. The van der Waals surface area contributed by atoms with Gasteiger partial charge >= 0.3 is 0 Å². The predicted octanol–water partition coefficient (Wildman–Crippen LogP) is 4.49. The summed E-state index contributed by atoms with van der Waals surface area (Å²) in [6.07, 6.45) is 5.27. The van der Waals surface area contributed by atoms with E-state index in [0.29, 0.717) is 23.6 Å². The lowest BCUT2D eigenvalue weighted by Gasteiger charge is -2.14. The lowest BCUT2D eigenvalue weighted by atomic mass is 10.1. The molecule has 2 aromatic heterocycles. The summed E-state index contributed by atoms with van der Waals surface area (Å²) >= 11 is 0. The van der Waals surface area contributed by atoms with E-state index in [4.69, 9.17) is 9.84 Å². The maximum atomic E-state index is 13.2. The van der Waals surface area contributed by atoms with Gasteiger partial charge in [-0.2, -0.15) is 5.10 Å². The highest BCUT2D eigenvalue weighted by Crippen LogP contribution is 2.26. The maximum absolute atomic E-state index is 13.2. The second-order valence-corrected chi connectivity index (χ2v) is 7.29. The number of amides is 1. The van der Waals surface area contributed by atoms with Gasteiger partial charge < -0.3 is 10.1 Å². The molecule has 4 aromatic rings. The van der Waals surface area contributed by atoms with E-state index < -0.39 is 0 Å². The number of hydrogen-bond donors (Lipinski definition) is 1. The van der Waals surface area contributed by atoms with Crippen LogP contribution in [0.4, 0.5) is 0 Å². The molecule has 2 aromatic carbocycles. The summed E-state index contributed by atoms with van der Waals surface area (Å²) in [5.41, 5.74) is 4.00. The average molecular weight is 412 g/mol. The zero-order valence-electron chi connectivity index (χ0n) is 17.5. The van der Waals surface area contributed by atoms with Crippen LogP contribution in [0.25, 0.3) is 11.3 Å². The van der Waals surface area contributed by atoms with E-state index in [1.54, 1.807) is 30.4 Å². The number of carbonyl (C=O) groups is 1. The maximum Gasteiger partial charge on any atom is 0.255 e. The van der Waals surface area contributed by atoms with E-state index in [2.05, 4.69) is 10.3 Å². The lowest BCUT2D eigenvalue weighted by molar-refractivity contribution is 0.0940. The Hall–Kier alpha value is -3.93. The standard InChI is InChI=1S/C25H24N4O2/c1-18(21-11-7-13-26-15-21)27-25(30)23-17-29(16-19-8-4-3-5-9-19)28-24(23)20-10-6-12-22(14-20)31-2/h3-15,17-18H,16H2,1-2H3,(H,27,30). The van der Waals surface area contributed by atoms with E-state index in [9.17, 15) is 4.79 Å². The number of rotatable bonds is 7. The molecule has 156 valence electrons. The SMILES string of the molecule is COc1cccc(-c2nn(Cc3ccccc3)cc2C(=O)NC(C)c2cccnc2)c1. The van der Waals surface area contributed by atoms with Crippen molar-refractivity contribution in [2.45, 2.75) is 19.5 Å². The van der Waals surface area contributed by atoms with Gasteiger partial charge in [-0.1, -0.05) is 48.5 Å². The molecule has 0 bridgehead atoms. The molecule has 6 heteroatoms. The molecular formula is C25H24N4O2. The first-order chi connectivity index (χ1) is 15.1. The minimum atomic E-state index is -0.187. The average Bonchev–Trinajstić information content (AvgIpc) is 3.24. The molecule has 4 rings (SSSR count). The zero-order chi connectivity index (χ0) is 21.6. The highest BCUT2D eigenvalue weighted by molar-refractivity contribution is 6.00. The summed E-state index contributed by atoms with van der Waals surface area (Å²) in [5, 5.41) is 7.81. The molecular weight excluding hydrogens is 388 g/mol. The van der Waals surface area contributed by atoms with Crippen molar-refractivity contribution < 1.29 is 9.53 Å². The van der Waals surface area contributed by atoms with Gasteiger partial charge in [-0.15, -0.1) is 0 Å². The molecule has 0 saturated heterocycles. The number of benzene rings is 2. The fourth-order valence-electron chi connectivity index (χ4n) is 3.41. The Bertz CT molecular complexity index is 1160. The molecule has 0 radical (unpaired) electrons. The van der Waals surface area contributed by atoms with Crippen LogP contribution in [-0.2, 0) is 6.54 Å². The van der Waals surface area contributed by atoms with Crippen LogP contribution in [0.2, 0.25) is 0 Å². The van der Waals surface area contributed by atoms with Gasteiger partial charge in [0.05, 0.1) is 25.3 Å². The summed E-state index contributed by atoms with van der Waals surface area (Å²) in [4.78, 5) is 17.4. The first-order valence-corrected chi connectivity index (χ1v) is 10.1. The quantitative estimate of drug-likeness (QED) is 0.485. The molecule has 0 spiro atoms. The first-order valence-electron chi connectivity index (χ1n) is 10.1. The fraction of sp³-hybridized carbons (Fsp3) is 0.160. The number of nitrogens with one attached hydrogen (secondary N) is 1. The summed E-state index contributed by atoms with van der Waals surface area (Å²) in [6, 6.07) is 21.2. The van der Waals surface area contributed by atoms with Crippen LogP contribution >= 0.6 is 0 Å². The normalized spacial score (nSPS) is 11.7. The third kappa shape index (κ3) is 4.80. The molecule has 1 amide bonds. The van der Waals surface area contributed by atoms with Crippen LogP contribution in [0.5, 0.6) is 5.75 Å². The molecule has 0 fully saturated rings. The summed E-state index contributed by atoms with van der Waals surface area (Å²) in [7, 11) is 1.62. The summed E-state index contributed by atoms with van der Waals surface area (Å²) in [5.74, 6) is 0.527. The van der Waals surface area contributed by atoms with Crippen molar-refractivity contribution in [3.63, 3.8) is 0 Å². The van der Waals surface area contributed by atoms with E-state index in [-0.39, 0.29) is 11.9 Å². The van der Waals surface area contributed by atoms with Crippen molar-refractivity contribution in [1.82, 2.24) is 20.1 Å². The molecule has 2 heterocycles. The van der Waals surface area contributed by atoms with E-state index >= 15 is 0 Å². The third-order valence-electron chi connectivity index (χ3n) is 5.07. The summed E-state index contributed by atoms with van der Waals surface area (Å²) in [6.45, 7) is 2.51. The van der Waals surface area contributed by atoms with Gasteiger partial charge in [0.25, 0.3) is 5.91 Å². The minimum absolute atomic E-state index is 0.183. The van der Waals surface area contributed by atoms with Crippen molar-refractivity contribution >= 4 is 5.91 Å². The van der Waals surface area contributed by atoms with Crippen molar-refractivity contribution in [1.29, 1.82) is 0 Å². The van der Waals surface area contributed by atoms with Gasteiger partial charge in [0, 0.05) is 24.2 Å². The minimum Gasteiger partial charge on any atom is -0.497 e. The van der Waals surface area contributed by atoms with Crippen molar-refractivity contribution in [3.05, 3.63) is 102 Å². The van der Waals surface area contributed by atoms with E-state index in [0.717, 1.165) is 16.7 Å². The fourth-order valence-corrected chi connectivity index (χ4v) is 3.41. The molecule has 0 aliphatic rings. The number of hydrogen-bond acceptors (Lipinski definition) is 4. The number of methoxy groups -OCH3 is 1. The van der Waals surface area contributed by atoms with Gasteiger partial charge in [-0.05, 0) is 36.2 Å². The number of ether oxygens (including phenoxy) is 1. The highest BCUT2D eigenvalue weighted by Gasteiger charge is 2.20. The van der Waals surface area contributed by atoms with Crippen molar-refractivity contribution in [2.75, 3.05) is 7.11 Å². The molecule has 0 aliphatic heterocycles. The van der Waals surface area contributed by atoms with Crippen LogP contribution in [-0.4, -0.2) is 27.8 Å². The number of nitrogens with zero attached hydrogens (tertiary/aromatic N) is 3. The molecule has 31 heavy (non-hydrogen) atoms. The lowest BCUT2D eigenvalue weighted by Crippen LogP contribution is -2.26. The Morgan fingerprint density at radius 2 is 1.94 bits per heavy atom. The van der Waals surface area contributed by atoms with Gasteiger partial charge in [-0.3, -0.25) is 14.5 Å². The Morgan fingerprint density at radius 3 is 2.68 bits per heavy atom. The van der Waals surface area contributed by atoms with Crippen LogP contribution < -0.4 is 10.1 Å². The third-order valence-corrected chi connectivity index (χ3v) is 5.07. The zero-order valence-corrected chi connectivity index (χ0v) is 17.5. The first kappa shape index (κ1) is 20.3. The van der Waals surface area contributed by atoms with Gasteiger partial charge in [0.2, 0.25) is 0 Å². The topological polar surface area (TPSA) is 69.0 Å². The monoisotopic (exact) mass is 412 g/mol. The smallest absolute Gasteiger partial charge is 0.255 e. The van der Waals surface area contributed by atoms with E-state index in [1.165, 1.54) is 0 Å². The Morgan fingerprint density at radius 1 is 1.10 bits per heavy atom. The van der Waals surface area contributed by atoms with Crippen LogP contribution in [0, 0.1) is 0 Å². The molecule has 6 nitrogen and oxygen atoms in total. The number of pyridine rings is 1. The highest BCUT2D eigenvalue weighted by atomic mass is 16.5. The Kier molecular flexibility index (Phi) is 6.08. The van der Waals surface area contributed by atoms with Gasteiger partial charge in [0.1, 0.15) is 11.4 Å². The predicted molar refractivity (Wildman–Crippen MR) is 120 cm³/mol. The second-order valence-electron chi connectivity index (χ2n) is 7.29. The van der Waals surface area contributed by atoms with Crippen molar-refractivity contribution in [3.8, 4) is 17.0 Å². The molecule has 0 aliphatic carbocycles. The largest absolute Gasteiger partial charge is 0.497 e. The number of aromatic nitrogens is 3. The Labute approximate surface area is 181 Å². The molecule has 0 saturated carbocycles. The van der Waals surface area contributed by atoms with E-state index in [1.807, 2.05) is 73.7 Å². The molecule has 1 N–H and O–H groups in total. The Balaban J connectivity index is 1.67. The second kappa shape index (κ2) is 9.26. The van der Waals surface area contributed by atoms with Crippen LogP contribution in [0.15, 0.2) is 85.3 Å². The van der Waals surface area contributed by atoms with Gasteiger partial charge in [0.15, 0.2) is 0 Å². The molecule has 1 unspecified atom stereocenters.